The molecule has 0 radical (unpaired) electrons. The van der Waals surface area contributed by atoms with E-state index in [1.165, 1.54) is 0 Å². The van der Waals surface area contributed by atoms with Crippen LogP contribution in [0.15, 0.2) is 22.9 Å². The maximum atomic E-state index is 12.5. The molecule has 0 unspecified atom stereocenters. The SMILES string of the molecule is CCc1ccnc(C(=O)N2CCN(Cc3noc(C)n3)CC2)c1. The monoisotopic (exact) mass is 315 g/mol. The third-order valence-electron chi connectivity index (χ3n) is 4.05. The number of piperazine rings is 1. The van der Waals surface area contributed by atoms with E-state index in [2.05, 4.69) is 26.9 Å². The molecule has 0 aromatic carbocycles. The van der Waals surface area contributed by atoms with E-state index in [4.69, 9.17) is 4.52 Å². The van der Waals surface area contributed by atoms with E-state index in [0.29, 0.717) is 37.0 Å². The molecule has 0 saturated carbocycles. The highest BCUT2D eigenvalue weighted by atomic mass is 16.5. The predicted octanol–water partition coefficient (Wildman–Crippen LogP) is 1.29. The van der Waals surface area contributed by atoms with Crippen molar-refractivity contribution in [2.24, 2.45) is 0 Å². The average Bonchev–Trinajstić information content (AvgIpc) is 3.00. The molecule has 0 aliphatic carbocycles. The summed E-state index contributed by atoms with van der Waals surface area (Å²) < 4.78 is 4.98. The van der Waals surface area contributed by atoms with Gasteiger partial charge in [0.05, 0.1) is 6.54 Å². The topological polar surface area (TPSA) is 75.4 Å². The molecule has 122 valence electrons. The van der Waals surface area contributed by atoms with E-state index in [9.17, 15) is 4.79 Å². The van der Waals surface area contributed by atoms with Crippen LogP contribution in [0.1, 0.15) is 34.7 Å². The first-order chi connectivity index (χ1) is 11.2. The van der Waals surface area contributed by atoms with Gasteiger partial charge >= 0.3 is 0 Å². The molecule has 0 bridgehead atoms. The Morgan fingerprint density at radius 1 is 1.30 bits per heavy atom. The maximum absolute atomic E-state index is 12.5. The van der Waals surface area contributed by atoms with Crippen LogP contribution in [0.4, 0.5) is 0 Å². The Labute approximate surface area is 135 Å². The van der Waals surface area contributed by atoms with Crippen LogP contribution in [-0.4, -0.2) is 57.0 Å². The van der Waals surface area contributed by atoms with Gasteiger partial charge in [0.1, 0.15) is 5.69 Å². The number of amides is 1. The first kappa shape index (κ1) is 15.6. The summed E-state index contributed by atoms with van der Waals surface area (Å²) in [4.78, 5) is 25.1. The molecule has 7 heteroatoms. The van der Waals surface area contributed by atoms with Crippen molar-refractivity contribution >= 4 is 5.91 Å². The Morgan fingerprint density at radius 2 is 2.09 bits per heavy atom. The van der Waals surface area contributed by atoms with Crippen LogP contribution in [0.3, 0.4) is 0 Å². The van der Waals surface area contributed by atoms with Crippen molar-refractivity contribution in [2.45, 2.75) is 26.8 Å². The molecule has 0 spiro atoms. The third kappa shape index (κ3) is 3.73. The predicted molar refractivity (Wildman–Crippen MR) is 83.8 cm³/mol. The van der Waals surface area contributed by atoms with Crippen LogP contribution in [0.25, 0.3) is 0 Å². The smallest absolute Gasteiger partial charge is 0.272 e. The standard InChI is InChI=1S/C16H21N5O2/c1-3-13-4-5-17-14(10-13)16(22)21-8-6-20(7-9-21)11-15-18-12(2)23-19-15/h4-5,10H,3,6-9,11H2,1-2H3. The van der Waals surface area contributed by atoms with Crippen LogP contribution in [-0.2, 0) is 13.0 Å². The van der Waals surface area contributed by atoms with Crippen LogP contribution in [0, 0.1) is 6.92 Å². The molecule has 23 heavy (non-hydrogen) atoms. The summed E-state index contributed by atoms with van der Waals surface area (Å²) in [5, 5.41) is 3.91. The molecular weight excluding hydrogens is 294 g/mol. The lowest BCUT2D eigenvalue weighted by molar-refractivity contribution is 0.0618. The zero-order valence-corrected chi connectivity index (χ0v) is 13.5. The van der Waals surface area contributed by atoms with Crippen molar-refractivity contribution in [3.8, 4) is 0 Å². The lowest BCUT2D eigenvalue weighted by Crippen LogP contribution is -2.48. The van der Waals surface area contributed by atoms with Crippen molar-refractivity contribution in [2.75, 3.05) is 26.2 Å². The molecule has 3 heterocycles. The van der Waals surface area contributed by atoms with Gasteiger partial charge in [0.15, 0.2) is 5.82 Å². The van der Waals surface area contributed by atoms with Gasteiger partial charge in [-0.1, -0.05) is 12.1 Å². The molecular formula is C16H21N5O2. The number of aryl methyl sites for hydroxylation is 2. The zero-order chi connectivity index (χ0) is 16.2. The van der Waals surface area contributed by atoms with Crippen molar-refractivity contribution in [3.63, 3.8) is 0 Å². The highest BCUT2D eigenvalue weighted by Gasteiger charge is 2.23. The van der Waals surface area contributed by atoms with E-state index in [1.807, 2.05) is 17.0 Å². The van der Waals surface area contributed by atoms with Crippen molar-refractivity contribution < 1.29 is 9.32 Å². The third-order valence-corrected chi connectivity index (χ3v) is 4.05. The summed E-state index contributed by atoms with van der Waals surface area (Å²) in [6.07, 6.45) is 2.61. The molecule has 1 aliphatic heterocycles. The van der Waals surface area contributed by atoms with Gasteiger partial charge in [-0.3, -0.25) is 14.7 Å². The Kier molecular flexibility index (Phi) is 4.66. The number of carbonyl (C=O) groups excluding carboxylic acids is 1. The summed E-state index contributed by atoms with van der Waals surface area (Å²) in [6, 6.07) is 3.83. The first-order valence-corrected chi connectivity index (χ1v) is 7.91. The molecule has 1 saturated heterocycles. The largest absolute Gasteiger partial charge is 0.340 e. The Hall–Kier alpha value is -2.28. The Balaban J connectivity index is 1.56. The number of rotatable bonds is 4. The summed E-state index contributed by atoms with van der Waals surface area (Å²) in [7, 11) is 0. The summed E-state index contributed by atoms with van der Waals surface area (Å²) >= 11 is 0. The highest BCUT2D eigenvalue weighted by molar-refractivity contribution is 5.92. The van der Waals surface area contributed by atoms with Gasteiger partial charge in [-0.25, -0.2) is 0 Å². The average molecular weight is 315 g/mol. The van der Waals surface area contributed by atoms with Gasteiger partial charge in [0.2, 0.25) is 5.89 Å². The minimum Gasteiger partial charge on any atom is -0.340 e. The molecule has 3 rings (SSSR count). The second-order valence-electron chi connectivity index (χ2n) is 5.70. The number of nitrogens with zero attached hydrogens (tertiary/aromatic N) is 5. The van der Waals surface area contributed by atoms with Gasteiger partial charge in [0, 0.05) is 39.3 Å². The Morgan fingerprint density at radius 3 is 2.74 bits per heavy atom. The molecule has 0 N–H and O–H groups in total. The van der Waals surface area contributed by atoms with Crippen molar-refractivity contribution in [1.29, 1.82) is 0 Å². The van der Waals surface area contributed by atoms with E-state index in [-0.39, 0.29) is 5.91 Å². The normalized spacial score (nSPS) is 15.8. The molecule has 1 amide bonds. The molecule has 2 aromatic rings. The fourth-order valence-corrected chi connectivity index (χ4v) is 2.69. The van der Waals surface area contributed by atoms with Crippen LogP contribution in [0.2, 0.25) is 0 Å². The Bertz CT molecular complexity index is 677. The lowest BCUT2D eigenvalue weighted by atomic mass is 10.1. The minimum atomic E-state index is 0.00959. The van der Waals surface area contributed by atoms with E-state index < -0.39 is 0 Å². The van der Waals surface area contributed by atoms with Crippen molar-refractivity contribution in [3.05, 3.63) is 41.3 Å². The fraction of sp³-hybridized carbons (Fsp3) is 0.500. The van der Waals surface area contributed by atoms with Crippen LogP contribution >= 0.6 is 0 Å². The highest BCUT2D eigenvalue weighted by Crippen LogP contribution is 2.11. The van der Waals surface area contributed by atoms with Gasteiger partial charge < -0.3 is 9.42 Å². The van der Waals surface area contributed by atoms with Crippen LogP contribution < -0.4 is 0 Å². The minimum absolute atomic E-state index is 0.00959. The number of hydrogen-bond acceptors (Lipinski definition) is 6. The quantitative estimate of drug-likeness (QED) is 0.846. The lowest BCUT2D eigenvalue weighted by Gasteiger charge is -2.33. The van der Waals surface area contributed by atoms with E-state index in [1.54, 1.807) is 13.1 Å². The molecule has 1 fully saturated rings. The number of pyridine rings is 1. The first-order valence-electron chi connectivity index (χ1n) is 7.91. The molecule has 1 aliphatic rings. The summed E-state index contributed by atoms with van der Waals surface area (Å²) in [5.41, 5.74) is 1.67. The van der Waals surface area contributed by atoms with Crippen LogP contribution in [0.5, 0.6) is 0 Å². The van der Waals surface area contributed by atoms with Crippen molar-refractivity contribution in [1.82, 2.24) is 24.9 Å². The summed E-state index contributed by atoms with van der Waals surface area (Å²) in [6.45, 7) is 7.48. The van der Waals surface area contributed by atoms with Gasteiger partial charge in [0.25, 0.3) is 5.91 Å². The maximum Gasteiger partial charge on any atom is 0.272 e. The van der Waals surface area contributed by atoms with Gasteiger partial charge in [-0.15, -0.1) is 0 Å². The number of aromatic nitrogens is 3. The summed E-state index contributed by atoms with van der Waals surface area (Å²) in [5.74, 6) is 1.28. The molecule has 2 aromatic heterocycles. The second-order valence-corrected chi connectivity index (χ2v) is 5.70. The second kappa shape index (κ2) is 6.87. The van der Waals surface area contributed by atoms with Gasteiger partial charge in [-0.05, 0) is 24.1 Å². The van der Waals surface area contributed by atoms with E-state index in [0.717, 1.165) is 25.1 Å². The zero-order valence-electron chi connectivity index (χ0n) is 13.5. The fourth-order valence-electron chi connectivity index (χ4n) is 2.69. The number of hydrogen-bond donors (Lipinski definition) is 0. The number of carbonyl (C=O) groups is 1. The molecule has 0 atom stereocenters. The van der Waals surface area contributed by atoms with Gasteiger partial charge in [-0.2, -0.15) is 4.98 Å². The molecule has 7 nitrogen and oxygen atoms in total. The van der Waals surface area contributed by atoms with E-state index >= 15 is 0 Å².